The largest absolute Gasteiger partial charge is 0.472 e. The van der Waals surface area contributed by atoms with E-state index in [9.17, 15) is 19.0 Å². The van der Waals surface area contributed by atoms with E-state index >= 15 is 0 Å². The summed E-state index contributed by atoms with van der Waals surface area (Å²) >= 11 is 0. The molecule has 0 heterocycles. The van der Waals surface area contributed by atoms with E-state index in [4.69, 9.17) is 18.5 Å². The predicted molar refractivity (Wildman–Crippen MR) is 294 cm³/mol. The molecule has 0 aliphatic carbocycles. The Morgan fingerprint density at radius 2 is 0.739 bits per heavy atom. The Kier molecular flexibility index (Phi) is 50.7. The van der Waals surface area contributed by atoms with E-state index in [0.29, 0.717) is 23.9 Å². The Bertz CT molecular complexity index is 1180. The van der Waals surface area contributed by atoms with Crippen LogP contribution in [-0.4, -0.2) is 74.9 Å². The molecule has 1 N–H and O–H groups in total. The van der Waals surface area contributed by atoms with Crippen LogP contribution in [0, 0.1) is 0 Å². The maximum Gasteiger partial charge on any atom is 0.472 e. The summed E-state index contributed by atoms with van der Waals surface area (Å²) in [5.41, 5.74) is 0. The molecule has 9 nitrogen and oxygen atoms in total. The van der Waals surface area contributed by atoms with Crippen molar-refractivity contribution in [3.05, 3.63) is 12.2 Å². The lowest BCUT2D eigenvalue weighted by atomic mass is 10.0. The first-order chi connectivity index (χ1) is 33.5. The molecule has 0 amide bonds. The zero-order valence-electron chi connectivity index (χ0n) is 46.6. The molecule has 69 heavy (non-hydrogen) atoms. The van der Waals surface area contributed by atoms with Gasteiger partial charge in [0, 0.05) is 12.8 Å². The summed E-state index contributed by atoms with van der Waals surface area (Å²) < 4.78 is 34.6. The first-order valence-electron chi connectivity index (χ1n) is 29.9. The number of carbonyl (C=O) groups excluding carboxylic acids is 2. The maximum absolute atomic E-state index is 12.8. The number of nitrogens with zero attached hydrogens (tertiary/aromatic N) is 1. The maximum atomic E-state index is 12.8. The van der Waals surface area contributed by atoms with Gasteiger partial charge in [0.05, 0.1) is 27.7 Å². The molecule has 0 bridgehead atoms. The van der Waals surface area contributed by atoms with Crippen LogP contribution in [0.25, 0.3) is 0 Å². The molecule has 0 aromatic heterocycles. The lowest BCUT2D eigenvalue weighted by Crippen LogP contribution is -2.37. The summed E-state index contributed by atoms with van der Waals surface area (Å²) in [5, 5.41) is 0. The summed E-state index contributed by atoms with van der Waals surface area (Å²) in [6.07, 6.45) is 60.0. The van der Waals surface area contributed by atoms with Gasteiger partial charge in [0.1, 0.15) is 19.8 Å². The van der Waals surface area contributed by atoms with E-state index in [1.54, 1.807) is 0 Å². The third kappa shape index (κ3) is 55.9. The number of hydrogen-bond acceptors (Lipinski definition) is 7. The molecule has 2 atom stereocenters. The van der Waals surface area contributed by atoms with Crippen molar-refractivity contribution in [2.75, 3.05) is 47.5 Å². The highest BCUT2D eigenvalue weighted by molar-refractivity contribution is 7.47. The van der Waals surface area contributed by atoms with Gasteiger partial charge in [0.2, 0.25) is 0 Å². The molecule has 0 spiro atoms. The fourth-order valence-corrected chi connectivity index (χ4v) is 9.64. The van der Waals surface area contributed by atoms with Crippen molar-refractivity contribution >= 4 is 19.8 Å². The Morgan fingerprint density at radius 1 is 0.435 bits per heavy atom. The smallest absolute Gasteiger partial charge is 0.462 e. The minimum absolute atomic E-state index is 0.0345. The van der Waals surface area contributed by atoms with Gasteiger partial charge < -0.3 is 18.9 Å². The van der Waals surface area contributed by atoms with E-state index < -0.39 is 26.5 Å². The fourth-order valence-electron chi connectivity index (χ4n) is 8.90. The van der Waals surface area contributed by atoms with Crippen LogP contribution in [0.4, 0.5) is 0 Å². The van der Waals surface area contributed by atoms with Gasteiger partial charge in [0.15, 0.2) is 6.10 Å². The Morgan fingerprint density at radius 3 is 1.07 bits per heavy atom. The van der Waals surface area contributed by atoms with E-state index in [0.717, 1.165) is 44.9 Å². The van der Waals surface area contributed by atoms with Crippen LogP contribution in [0.2, 0.25) is 0 Å². The molecule has 0 aromatic carbocycles. The highest BCUT2D eigenvalue weighted by Crippen LogP contribution is 2.43. The van der Waals surface area contributed by atoms with Gasteiger partial charge in [-0.25, -0.2) is 4.57 Å². The zero-order chi connectivity index (χ0) is 50.6. The second kappa shape index (κ2) is 51.6. The summed E-state index contributed by atoms with van der Waals surface area (Å²) in [6, 6.07) is 0. The van der Waals surface area contributed by atoms with Crippen molar-refractivity contribution in [2.24, 2.45) is 0 Å². The molecule has 2 unspecified atom stereocenters. The van der Waals surface area contributed by atoms with Crippen molar-refractivity contribution in [1.29, 1.82) is 0 Å². The number of likely N-dealkylation sites (N-methyl/N-ethyl adjacent to an activating group) is 1. The molecule has 0 saturated heterocycles. The number of quaternary nitrogens is 1. The van der Waals surface area contributed by atoms with Gasteiger partial charge in [-0.15, -0.1) is 0 Å². The van der Waals surface area contributed by atoms with Crippen LogP contribution in [-0.2, 0) is 32.7 Å². The van der Waals surface area contributed by atoms with Crippen LogP contribution in [0.15, 0.2) is 12.2 Å². The normalized spacial score (nSPS) is 13.3. The topological polar surface area (TPSA) is 108 Å². The molecule has 10 heteroatoms. The van der Waals surface area contributed by atoms with Crippen molar-refractivity contribution < 1.29 is 42.1 Å². The highest BCUT2D eigenvalue weighted by Gasteiger charge is 2.27. The monoisotopic (exact) mass is 999 g/mol. The summed E-state index contributed by atoms with van der Waals surface area (Å²) in [6.45, 7) is 4.49. The number of esters is 2. The van der Waals surface area contributed by atoms with Crippen LogP contribution in [0.3, 0.4) is 0 Å². The second-order valence-electron chi connectivity index (χ2n) is 21.7. The third-order valence-electron chi connectivity index (χ3n) is 13.5. The van der Waals surface area contributed by atoms with Crippen LogP contribution in [0.5, 0.6) is 0 Å². The van der Waals surface area contributed by atoms with Gasteiger partial charge in [0.25, 0.3) is 0 Å². The molecule has 0 fully saturated rings. The molecule has 0 aliphatic rings. The average molecular weight is 1000 g/mol. The Hall–Kier alpha value is -1.25. The molecule has 0 saturated carbocycles. The molecule has 0 aromatic rings. The van der Waals surface area contributed by atoms with E-state index in [1.165, 1.54) is 225 Å². The van der Waals surface area contributed by atoms with Crippen LogP contribution in [0.1, 0.15) is 303 Å². The standard InChI is InChI=1S/C59H116NO8P/c1-6-8-10-12-14-16-18-20-22-24-26-27-28-29-30-31-32-33-34-36-37-39-41-43-45-47-49-51-58(61)65-55-57(56-67-69(63,64)66-54-53-60(3,4)5)68-59(62)52-50-48-46-44-42-40-38-35-25-23-21-19-17-15-13-11-9-7-2/h23,25,57H,6-22,24,26-56H2,1-5H3/p+1/b25-23-. The number of hydrogen-bond donors (Lipinski definition) is 1. The molecule has 0 aliphatic heterocycles. The zero-order valence-corrected chi connectivity index (χ0v) is 47.5. The molecular weight excluding hydrogens is 882 g/mol. The number of ether oxygens (including phenoxy) is 2. The number of carbonyl (C=O) groups is 2. The SMILES string of the molecule is CCCCCCCCC/C=C\CCCCCCCCCC(=O)OC(COC(=O)CCCCCCCCCCCCCCCCCCCCCCCCCCCCC)COP(=O)(O)OCC[N+](C)(C)C. The van der Waals surface area contributed by atoms with Crippen LogP contribution < -0.4 is 0 Å². The minimum Gasteiger partial charge on any atom is -0.462 e. The molecule has 410 valence electrons. The van der Waals surface area contributed by atoms with Gasteiger partial charge in [-0.05, 0) is 38.5 Å². The number of phosphoric ester groups is 1. The second-order valence-corrected chi connectivity index (χ2v) is 23.2. The number of allylic oxidation sites excluding steroid dienone is 2. The van der Waals surface area contributed by atoms with Crippen LogP contribution >= 0.6 is 7.82 Å². The Balaban J connectivity index is 4.06. The molecule has 0 radical (unpaired) electrons. The van der Waals surface area contributed by atoms with Crippen molar-refractivity contribution in [3.8, 4) is 0 Å². The number of unbranched alkanes of at least 4 members (excludes halogenated alkanes) is 40. The molecular formula is C59H117NO8P+. The van der Waals surface area contributed by atoms with Crippen molar-refractivity contribution in [1.82, 2.24) is 0 Å². The lowest BCUT2D eigenvalue weighted by Gasteiger charge is -2.24. The lowest BCUT2D eigenvalue weighted by molar-refractivity contribution is -0.870. The van der Waals surface area contributed by atoms with E-state index in [-0.39, 0.29) is 25.6 Å². The highest BCUT2D eigenvalue weighted by atomic mass is 31.2. The van der Waals surface area contributed by atoms with Gasteiger partial charge in [-0.3, -0.25) is 18.6 Å². The van der Waals surface area contributed by atoms with Gasteiger partial charge in [-0.1, -0.05) is 264 Å². The summed E-state index contributed by atoms with van der Waals surface area (Å²) in [7, 11) is 1.49. The average Bonchev–Trinajstić information content (AvgIpc) is 3.31. The quantitative estimate of drug-likeness (QED) is 0.0211. The fraction of sp³-hybridized carbons (Fsp3) is 0.932. The van der Waals surface area contributed by atoms with Crippen molar-refractivity contribution in [2.45, 2.75) is 309 Å². The Labute approximate surface area is 428 Å². The number of phosphoric acid groups is 1. The predicted octanol–water partition coefficient (Wildman–Crippen LogP) is 18.4. The van der Waals surface area contributed by atoms with Gasteiger partial charge >= 0.3 is 19.8 Å². The number of rotatable bonds is 56. The first kappa shape index (κ1) is 67.8. The summed E-state index contributed by atoms with van der Waals surface area (Å²) in [5.74, 6) is -0.784. The van der Waals surface area contributed by atoms with E-state index in [2.05, 4.69) is 26.0 Å². The molecule has 0 rings (SSSR count). The third-order valence-corrected chi connectivity index (χ3v) is 14.5. The van der Waals surface area contributed by atoms with Crippen molar-refractivity contribution in [3.63, 3.8) is 0 Å². The van der Waals surface area contributed by atoms with Gasteiger partial charge in [-0.2, -0.15) is 0 Å². The minimum atomic E-state index is -4.38. The first-order valence-corrected chi connectivity index (χ1v) is 31.4. The van der Waals surface area contributed by atoms with E-state index in [1.807, 2.05) is 21.1 Å². The summed E-state index contributed by atoms with van der Waals surface area (Å²) in [4.78, 5) is 35.7.